The molecule has 0 radical (unpaired) electrons. The maximum absolute atomic E-state index is 12.4. The van der Waals surface area contributed by atoms with Gasteiger partial charge >= 0.3 is 0 Å². The van der Waals surface area contributed by atoms with Gasteiger partial charge in [-0.3, -0.25) is 9.59 Å². The van der Waals surface area contributed by atoms with Gasteiger partial charge in [0.25, 0.3) is 5.91 Å². The van der Waals surface area contributed by atoms with Crippen LogP contribution in [0.25, 0.3) is 0 Å². The number of hydrogen-bond acceptors (Lipinski definition) is 5. The molecule has 144 valence electrons. The molecule has 0 aliphatic rings. The molecule has 2 amide bonds. The lowest BCUT2D eigenvalue weighted by atomic mass is 10.1. The minimum Gasteiger partial charge on any atom is -0.350 e. The van der Waals surface area contributed by atoms with E-state index in [4.69, 9.17) is 0 Å². The van der Waals surface area contributed by atoms with E-state index in [-0.39, 0.29) is 17.9 Å². The zero-order chi connectivity index (χ0) is 20.0. The third kappa shape index (κ3) is 5.79. The van der Waals surface area contributed by atoms with Crippen LogP contribution in [0, 0.1) is 13.8 Å². The molecular weight excluding hydrogens is 360 g/mol. The largest absolute Gasteiger partial charge is 0.350 e. The maximum atomic E-state index is 12.4. The van der Waals surface area contributed by atoms with Crippen molar-refractivity contribution in [3.8, 4) is 0 Å². The van der Waals surface area contributed by atoms with Crippen LogP contribution in [0.4, 0.5) is 5.69 Å². The molecule has 0 atom stereocenters. The van der Waals surface area contributed by atoms with Gasteiger partial charge in [-0.2, -0.15) is 0 Å². The molecule has 0 saturated carbocycles. The van der Waals surface area contributed by atoms with E-state index in [9.17, 15) is 9.59 Å². The van der Waals surface area contributed by atoms with Crippen LogP contribution in [0.5, 0.6) is 0 Å². The number of carbonyl (C=O) groups is 2. The van der Waals surface area contributed by atoms with Crippen LogP contribution < -0.4 is 10.6 Å². The summed E-state index contributed by atoms with van der Waals surface area (Å²) in [7, 11) is 0. The second-order valence-electron chi connectivity index (χ2n) is 6.58. The smallest absolute Gasteiger partial charge is 0.253 e. The van der Waals surface area contributed by atoms with Gasteiger partial charge in [-0.05, 0) is 58.1 Å². The quantitative estimate of drug-likeness (QED) is 0.562. The second kappa shape index (κ2) is 9.50. The summed E-state index contributed by atoms with van der Waals surface area (Å²) in [6, 6.07) is 7.04. The molecular formula is C20H26N4O2S. The summed E-state index contributed by atoms with van der Waals surface area (Å²) in [5.74, 6) is -0.346. The average molecular weight is 387 g/mol. The summed E-state index contributed by atoms with van der Waals surface area (Å²) in [6.45, 7) is 7.67. The summed E-state index contributed by atoms with van der Waals surface area (Å²) in [6.07, 6.45) is 2.79. The molecule has 2 rings (SSSR count). The summed E-state index contributed by atoms with van der Waals surface area (Å²) in [5, 5.41) is 6.44. The molecule has 0 aliphatic heterocycles. The maximum Gasteiger partial charge on any atom is 0.253 e. The van der Waals surface area contributed by atoms with Crippen molar-refractivity contribution in [1.29, 1.82) is 0 Å². The Hall–Kier alpha value is -2.41. The number of aromatic nitrogens is 2. The Morgan fingerprint density at radius 3 is 2.33 bits per heavy atom. The number of rotatable bonds is 7. The number of anilines is 1. The second-order valence-corrected chi connectivity index (χ2v) is 7.35. The zero-order valence-electron chi connectivity index (χ0n) is 16.4. The number of benzene rings is 1. The fraction of sp³-hybridized carbons (Fsp3) is 0.400. The van der Waals surface area contributed by atoms with Crippen LogP contribution in [0.3, 0.4) is 0 Å². The number of thioether (sulfide) groups is 1. The molecule has 0 unspecified atom stereocenters. The topological polar surface area (TPSA) is 84.0 Å². The first-order valence-electron chi connectivity index (χ1n) is 8.89. The Morgan fingerprint density at radius 2 is 1.74 bits per heavy atom. The van der Waals surface area contributed by atoms with E-state index in [1.165, 1.54) is 11.8 Å². The van der Waals surface area contributed by atoms with E-state index >= 15 is 0 Å². The summed E-state index contributed by atoms with van der Waals surface area (Å²) >= 11 is 1.50. The van der Waals surface area contributed by atoms with Crippen molar-refractivity contribution < 1.29 is 9.59 Å². The van der Waals surface area contributed by atoms with E-state index < -0.39 is 0 Å². The van der Waals surface area contributed by atoms with Crippen molar-refractivity contribution in [3.63, 3.8) is 0 Å². The van der Waals surface area contributed by atoms with E-state index in [0.29, 0.717) is 24.1 Å². The standard InChI is InChI=1S/C20H26N4O2S/c1-12(2)21-19(26)16-8-6-7-9-17(16)24-18(25)11-10-15-13(3)22-20(27-5)23-14(15)4/h6-9,12H,10-11H2,1-5H3,(H,21,26)(H,24,25). The third-order valence-corrected chi connectivity index (χ3v) is 4.60. The van der Waals surface area contributed by atoms with Gasteiger partial charge in [0.1, 0.15) is 0 Å². The molecule has 1 aromatic carbocycles. The molecule has 0 spiro atoms. The number of nitrogens with zero attached hydrogens (tertiary/aromatic N) is 2. The van der Waals surface area contributed by atoms with E-state index in [1.807, 2.05) is 34.0 Å². The van der Waals surface area contributed by atoms with Crippen LogP contribution in [0.15, 0.2) is 29.4 Å². The van der Waals surface area contributed by atoms with Crippen LogP contribution in [-0.2, 0) is 11.2 Å². The van der Waals surface area contributed by atoms with Crippen molar-refractivity contribution in [2.75, 3.05) is 11.6 Å². The molecule has 7 heteroatoms. The van der Waals surface area contributed by atoms with Crippen LogP contribution in [0.2, 0.25) is 0 Å². The highest BCUT2D eigenvalue weighted by atomic mass is 32.2. The van der Waals surface area contributed by atoms with Crippen molar-refractivity contribution in [3.05, 3.63) is 46.8 Å². The lowest BCUT2D eigenvalue weighted by Crippen LogP contribution is -2.31. The minimum absolute atomic E-state index is 0.0245. The Balaban J connectivity index is 2.06. The van der Waals surface area contributed by atoms with E-state index in [2.05, 4.69) is 20.6 Å². The first kappa shape index (κ1) is 20.9. The van der Waals surface area contributed by atoms with Crippen LogP contribution in [-0.4, -0.2) is 34.1 Å². The van der Waals surface area contributed by atoms with Gasteiger partial charge in [-0.15, -0.1) is 0 Å². The monoisotopic (exact) mass is 386 g/mol. The van der Waals surface area contributed by atoms with Gasteiger partial charge in [-0.1, -0.05) is 23.9 Å². The number of carbonyl (C=O) groups excluding carboxylic acids is 2. The predicted octanol–water partition coefficient (Wildman–Crippen LogP) is 3.52. The first-order valence-corrected chi connectivity index (χ1v) is 10.1. The molecule has 2 aromatic rings. The highest BCUT2D eigenvalue weighted by Crippen LogP contribution is 2.19. The first-order chi connectivity index (χ1) is 12.8. The van der Waals surface area contributed by atoms with Gasteiger partial charge < -0.3 is 10.6 Å². The fourth-order valence-electron chi connectivity index (χ4n) is 2.74. The number of hydrogen-bond donors (Lipinski definition) is 2. The Kier molecular flexibility index (Phi) is 7.36. The highest BCUT2D eigenvalue weighted by molar-refractivity contribution is 7.98. The molecule has 27 heavy (non-hydrogen) atoms. The number of nitrogens with one attached hydrogen (secondary N) is 2. The molecule has 6 nitrogen and oxygen atoms in total. The minimum atomic E-state index is -0.200. The SMILES string of the molecule is CSc1nc(C)c(CCC(=O)Nc2ccccc2C(=O)NC(C)C)c(C)n1. The van der Waals surface area contributed by atoms with Gasteiger partial charge in [0.05, 0.1) is 11.3 Å². The summed E-state index contributed by atoms with van der Waals surface area (Å²) < 4.78 is 0. The van der Waals surface area contributed by atoms with E-state index in [1.54, 1.807) is 24.3 Å². The Bertz CT molecular complexity index is 813. The molecule has 0 fully saturated rings. The van der Waals surface area contributed by atoms with Crippen molar-refractivity contribution in [2.45, 2.75) is 51.7 Å². The lowest BCUT2D eigenvalue weighted by molar-refractivity contribution is -0.116. The fourth-order valence-corrected chi connectivity index (χ4v) is 3.20. The normalized spacial score (nSPS) is 10.7. The Labute approximate surface area is 164 Å². The van der Waals surface area contributed by atoms with Crippen molar-refractivity contribution >= 4 is 29.3 Å². The molecule has 1 heterocycles. The van der Waals surface area contributed by atoms with Crippen LogP contribution >= 0.6 is 11.8 Å². The Morgan fingerprint density at radius 1 is 1.11 bits per heavy atom. The van der Waals surface area contributed by atoms with Crippen molar-refractivity contribution in [1.82, 2.24) is 15.3 Å². The number of para-hydroxylation sites is 1. The van der Waals surface area contributed by atoms with Gasteiger partial charge in [0.15, 0.2) is 5.16 Å². The third-order valence-electron chi connectivity index (χ3n) is 4.05. The molecule has 1 aromatic heterocycles. The summed E-state index contributed by atoms with van der Waals surface area (Å²) in [4.78, 5) is 33.6. The number of aryl methyl sites for hydroxylation is 2. The molecule has 2 N–H and O–H groups in total. The number of amides is 2. The van der Waals surface area contributed by atoms with Gasteiger partial charge in [0.2, 0.25) is 5.91 Å². The van der Waals surface area contributed by atoms with Gasteiger partial charge in [0, 0.05) is 23.9 Å². The molecule has 0 bridgehead atoms. The molecule has 0 aliphatic carbocycles. The average Bonchev–Trinajstić information content (AvgIpc) is 2.60. The van der Waals surface area contributed by atoms with Gasteiger partial charge in [-0.25, -0.2) is 9.97 Å². The lowest BCUT2D eigenvalue weighted by Gasteiger charge is -2.14. The predicted molar refractivity (Wildman–Crippen MR) is 109 cm³/mol. The molecule has 0 saturated heterocycles. The van der Waals surface area contributed by atoms with Crippen molar-refractivity contribution in [2.24, 2.45) is 0 Å². The van der Waals surface area contributed by atoms with Crippen LogP contribution in [0.1, 0.15) is 47.6 Å². The van der Waals surface area contributed by atoms with E-state index in [0.717, 1.165) is 22.1 Å². The highest BCUT2D eigenvalue weighted by Gasteiger charge is 2.15. The zero-order valence-corrected chi connectivity index (χ0v) is 17.2. The summed E-state index contributed by atoms with van der Waals surface area (Å²) in [5.41, 5.74) is 3.77.